The minimum Gasteiger partial charge on any atom is -0.376 e. The molecule has 7 heteroatoms. The standard InChI is InChI=1S/C19H16F3NO3/c1-25-19(11-2-4-12(20)5-3-11)16-15(7-6-14(21)17(16)22)23(18(19)24)10-13-8-9-26-13/h2-7,13H,8-10H2,1H3/t13-,19-/m0/s1. The van der Waals surface area contributed by atoms with E-state index in [1.54, 1.807) is 0 Å². The van der Waals surface area contributed by atoms with E-state index in [2.05, 4.69) is 0 Å². The van der Waals surface area contributed by atoms with Crippen molar-refractivity contribution in [2.45, 2.75) is 18.1 Å². The Balaban J connectivity index is 1.92. The molecule has 2 atom stereocenters. The molecule has 1 fully saturated rings. The van der Waals surface area contributed by atoms with Crippen LogP contribution in [0, 0.1) is 17.5 Å². The van der Waals surface area contributed by atoms with E-state index in [9.17, 15) is 18.0 Å². The molecule has 1 saturated heterocycles. The fraction of sp³-hybridized carbons (Fsp3) is 0.316. The average Bonchev–Trinajstić information content (AvgIpc) is 2.84. The fourth-order valence-corrected chi connectivity index (χ4v) is 3.58. The second-order valence-electron chi connectivity index (χ2n) is 6.34. The summed E-state index contributed by atoms with van der Waals surface area (Å²) in [6.07, 6.45) is 0.611. The Labute approximate surface area is 148 Å². The second kappa shape index (κ2) is 6.10. The van der Waals surface area contributed by atoms with E-state index in [0.29, 0.717) is 6.61 Å². The van der Waals surface area contributed by atoms with Gasteiger partial charge in [-0.05, 0) is 36.2 Å². The highest BCUT2D eigenvalue weighted by Gasteiger charge is 2.55. The number of fused-ring (bicyclic) bond motifs is 1. The smallest absolute Gasteiger partial charge is 0.268 e. The van der Waals surface area contributed by atoms with Crippen molar-refractivity contribution < 1.29 is 27.4 Å². The van der Waals surface area contributed by atoms with Gasteiger partial charge < -0.3 is 14.4 Å². The Bertz CT molecular complexity index is 867. The van der Waals surface area contributed by atoms with Crippen LogP contribution in [-0.4, -0.2) is 32.3 Å². The summed E-state index contributed by atoms with van der Waals surface area (Å²) in [6.45, 7) is 0.813. The summed E-state index contributed by atoms with van der Waals surface area (Å²) in [5.74, 6) is -3.30. The Hall–Kier alpha value is -2.38. The van der Waals surface area contributed by atoms with Gasteiger partial charge >= 0.3 is 0 Å². The molecule has 0 radical (unpaired) electrons. The number of methoxy groups -OCH3 is 1. The maximum atomic E-state index is 14.8. The Morgan fingerprint density at radius 1 is 1.19 bits per heavy atom. The average molecular weight is 363 g/mol. The number of hydrogen-bond donors (Lipinski definition) is 0. The van der Waals surface area contributed by atoms with Gasteiger partial charge in [0.15, 0.2) is 11.6 Å². The van der Waals surface area contributed by atoms with Crippen molar-refractivity contribution in [3.63, 3.8) is 0 Å². The lowest BCUT2D eigenvalue weighted by atomic mass is 9.86. The van der Waals surface area contributed by atoms with E-state index in [0.717, 1.165) is 24.6 Å². The fourth-order valence-electron chi connectivity index (χ4n) is 3.58. The van der Waals surface area contributed by atoms with Crippen molar-refractivity contribution >= 4 is 11.6 Å². The summed E-state index contributed by atoms with van der Waals surface area (Å²) in [4.78, 5) is 14.7. The molecule has 2 aliphatic heterocycles. The SMILES string of the molecule is CO[C@]1(c2ccc(F)cc2)C(=O)N(C[C@@H]2CCO2)c2ccc(F)c(F)c21. The number of benzene rings is 2. The van der Waals surface area contributed by atoms with Crippen molar-refractivity contribution in [3.05, 3.63) is 65.0 Å². The van der Waals surface area contributed by atoms with Crippen LogP contribution in [0.25, 0.3) is 0 Å². The maximum absolute atomic E-state index is 14.8. The third-order valence-electron chi connectivity index (χ3n) is 5.00. The monoisotopic (exact) mass is 363 g/mol. The van der Waals surface area contributed by atoms with Crippen molar-refractivity contribution in [2.24, 2.45) is 0 Å². The van der Waals surface area contributed by atoms with Crippen LogP contribution in [0.15, 0.2) is 36.4 Å². The lowest BCUT2D eigenvalue weighted by molar-refractivity contribution is -0.136. The summed E-state index contributed by atoms with van der Waals surface area (Å²) in [5.41, 5.74) is -1.61. The maximum Gasteiger partial charge on any atom is 0.268 e. The van der Waals surface area contributed by atoms with Crippen molar-refractivity contribution in [1.82, 2.24) is 0 Å². The van der Waals surface area contributed by atoms with E-state index < -0.39 is 29.0 Å². The quantitative estimate of drug-likeness (QED) is 0.838. The minimum absolute atomic E-state index is 0.166. The molecule has 26 heavy (non-hydrogen) atoms. The highest BCUT2D eigenvalue weighted by molar-refractivity contribution is 6.09. The molecular formula is C19H16F3NO3. The molecule has 2 aromatic rings. The molecule has 136 valence electrons. The molecule has 0 unspecified atom stereocenters. The zero-order chi connectivity index (χ0) is 18.5. The molecule has 0 N–H and O–H groups in total. The largest absolute Gasteiger partial charge is 0.376 e. The summed E-state index contributed by atoms with van der Waals surface area (Å²) in [5, 5.41) is 0. The lowest BCUT2D eigenvalue weighted by Crippen LogP contribution is -2.47. The summed E-state index contributed by atoms with van der Waals surface area (Å²) < 4.78 is 53.0. The predicted octanol–water partition coefficient (Wildman–Crippen LogP) is 3.13. The summed E-state index contributed by atoms with van der Waals surface area (Å²) in [7, 11) is 1.25. The first kappa shape index (κ1) is 17.1. The molecule has 4 rings (SSSR count). The zero-order valence-electron chi connectivity index (χ0n) is 14.0. The first-order chi connectivity index (χ1) is 12.5. The number of nitrogens with zero attached hydrogens (tertiary/aromatic N) is 1. The number of rotatable bonds is 4. The van der Waals surface area contributed by atoms with Gasteiger partial charge in [-0.15, -0.1) is 0 Å². The highest BCUT2D eigenvalue weighted by atomic mass is 19.2. The number of amides is 1. The van der Waals surface area contributed by atoms with E-state index in [4.69, 9.17) is 9.47 Å². The van der Waals surface area contributed by atoms with Crippen molar-refractivity contribution in [1.29, 1.82) is 0 Å². The van der Waals surface area contributed by atoms with Gasteiger partial charge in [0.2, 0.25) is 5.60 Å². The second-order valence-corrected chi connectivity index (χ2v) is 6.34. The molecule has 0 aliphatic carbocycles. The van der Waals surface area contributed by atoms with Crippen LogP contribution < -0.4 is 4.90 Å². The molecular weight excluding hydrogens is 347 g/mol. The number of carbonyl (C=O) groups is 1. The lowest BCUT2D eigenvalue weighted by Gasteiger charge is -2.32. The van der Waals surface area contributed by atoms with E-state index >= 15 is 0 Å². The minimum atomic E-state index is -1.88. The van der Waals surface area contributed by atoms with Crippen molar-refractivity contribution in [3.8, 4) is 0 Å². The highest BCUT2D eigenvalue weighted by Crippen LogP contribution is 2.48. The van der Waals surface area contributed by atoms with E-state index in [1.807, 2.05) is 0 Å². The summed E-state index contributed by atoms with van der Waals surface area (Å²) >= 11 is 0. The predicted molar refractivity (Wildman–Crippen MR) is 87.3 cm³/mol. The number of halogens is 3. The first-order valence-electron chi connectivity index (χ1n) is 8.22. The zero-order valence-corrected chi connectivity index (χ0v) is 14.0. The Morgan fingerprint density at radius 3 is 2.46 bits per heavy atom. The van der Waals surface area contributed by atoms with Gasteiger partial charge in [-0.25, -0.2) is 13.2 Å². The number of carbonyl (C=O) groups excluding carboxylic acids is 1. The number of ether oxygens (including phenoxy) is 2. The van der Waals surface area contributed by atoms with Crippen LogP contribution in [0.5, 0.6) is 0 Å². The molecule has 4 nitrogen and oxygen atoms in total. The molecule has 2 heterocycles. The molecule has 2 aliphatic rings. The van der Waals surface area contributed by atoms with Crippen LogP contribution in [0.3, 0.4) is 0 Å². The van der Waals surface area contributed by atoms with E-state index in [1.165, 1.54) is 30.2 Å². The van der Waals surface area contributed by atoms with E-state index in [-0.39, 0.29) is 29.5 Å². The molecule has 0 aromatic heterocycles. The summed E-state index contributed by atoms with van der Waals surface area (Å²) in [6, 6.07) is 7.32. The molecule has 0 saturated carbocycles. The van der Waals surface area contributed by atoms with Gasteiger partial charge in [0.25, 0.3) is 5.91 Å². The molecule has 0 bridgehead atoms. The topological polar surface area (TPSA) is 38.8 Å². The normalized spacial score (nSPS) is 24.5. The van der Waals surface area contributed by atoms with Gasteiger partial charge in [0.1, 0.15) is 5.82 Å². The van der Waals surface area contributed by atoms with Gasteiger partial charge in [0, 0.05) is 13.7 Å². The van der Waals surface area contributed by atoms with Gasteiger partial charge in [-0.1, -0.05) is 12.1 Å². The van der Waals surface area contributed by atoms with Gasteiger partial charge in [-0.2, -0.15) is 0 Å². The third-order valence-corrected chi connectivity index (χ3v) is 5.00. The van der Waals surface area contributed by atoms with Crippen molar-refractivity contribution in [2.75, 3.05) is 25.2 Å². The Kier molecular flexibility index (Phi) is 4.00. The molecule has 2 aromatic carbocycles. The van der Waals surface area contributed by atoms with Gasteiger partial charge in [0.05, 0.1) is 23.9 Å². The van der Waals surface area contributed by atoms with Crippen LogP contribution >= 0.6 is 0 Å². The molecule has 0 spiro atoms. The first-order valence-corrected chi connectivity index (χ1v) is 8.22. The Morgan fingerprint density at radius 2 is 1.88 bits per heavy atom. The van der Waals surface area contributed by atoms with Crippen LogP contribution in [0.2, 0.25) is 0 Å². The van der Waals surface area contributed by atoms with Crippen LogP contribution in [0.4, 0.5) is 18.9 Å². The third kappa shape index (κ3) is 2.27. The van der Waals surface area contributed by atoms with Crippen LogP contribution in [-0.2, 0) is 19.9 Å². The van der Waals surface area contributed by atoms with Crippen LogP contribution in [0.1, 0.15) is 17.5 Å². The van der Waals surface area contributed by atoms with Gasteiger partial charge in [-0.3, -0.25) is 4.79 Å². The molecule has 1 amide bonds. The number of hydrogen-bond acceptors (Lipinski definition) is 3. The number of anilines is 1.